The van der Waals surface area contributed by atoms with E-state index in [4.69, 9.17) is 4.94 Å². The van der Waals surface area contributed by atoms with Crippen LogP contribution in [-0.2, 0) is 4.94 Å². The lowest BCUT2D eigenvalue weighted by atomic mass is 10.2. The van der Waals surface area contributed by atoms with Gasteiger partial charge < -0.3 is 0 Å². The van der Waals surface area contributed by atoms with Crippen molar-refractivity contribution in [1.82, 2.24) is 5.06 Å². The van der Waals surface area contributed by atoms with Crippen LogP contribution in [0.1, 0.15) is 26.2 Å². The smallest absolute Gasteiger partial charge is 0.104 e. The fourth-order valence-electron chi connectivity index (χ4n) is 1.05. The molecule has 1 aliphatic heterocycles. The predicted molar refractivity (Wildman–Crippen MR) is 39.6 cm³/mol. The first-order valence-electron chi connectivity index (χ1n) is 3.72. The van der Waals surface area contributed by atoms with E-state index in [1.54, 1.807) is 6.92 Å². The van der Waals surface area contributed by atoms with Gasteiger partial charge in [-0.05, 0) is 19.8 Å². The minimum atomic E-state index is 1.01. The summed E-state index contributed by atoms with van der Waals surface area (Å²) in [6, 6.07) is 0. The van der Waals surface area contributed by atoms with Gasteiger partial charge in [-0.15, -0.1) is 5.06 Å². The third kappa shape index (κ3) is 2.35. The highest BCUT2D eigenvalue weighted by atomic mass is 16.8. The van der Waals surface area contributed by atoms with Crippen molar-refractivity contribution in [3.63, 3.8) is 0 Å². The summed E-state index contributed by atoms with van der Waals surface area (Å²) in [7, 11) is 0. The maximum atomic E-state index is 4.98. The van der Waals surface area contributed by atoms with Gasteiger partial charge in [-0.1, -0.05) is 11.6 Å². The average Bonchev–Trinajstić information content (AvgIpc) is 2.03. The van der Waals surface area contributed by atoms with Gasteiger partial charge in [0.15, 0.2) is 0 Å². The molecule has 10 heavy (non-hydrogen) atoms. The van der Waals surface area contributed by atoms with Gasteiger partial charge in [-0.3, -0.25) is 4.94 Å². The summed E-state index contributed by atoms with van der Waals surface area (Å²) >= 11 is 0. The maximum absolute atomic E-state index is 4.98. The Morgan fingerprint density at radius 2 is 2.00 bits per heavy atom. The molecular weight excluding hydrogens is 128 g/mol. The third-order valence-electron chi connectivity index (χ3n) is 1.56. The second-order valence-corrected chi connectivity index (χ2v) is 2.39. The maximum Gasteiger partial charge on any atom is 0.104 e. The molecule has 0 amide bonds. The molecule has 1 heterocycles. The summed E-state index contributed by atoms with van der Waals surface area (Å²) in [5.41, 5.74) is 0. The van der Waals surface area contributed by atoms with Crippen LogP contribution in [0, 0.1) is 0 Å². The molecule has 1 fully saturated rings. The molecule has 0 aromatic rings. The van der Waals surface area contributed by atoms with Crippen LogP contribution in [0.2, 0.25) is 0 Å². The highest BCUT2D eigenvalue weighted by Crippen LogP contribution is 2.08. The first-order valence-corrected chi connectivity index (χ1v) is 3.72. The predicted octanol–water partition coefficient (Wildman–Crippen LogP) is 1.29. The number of rotatable bonds is 2. The van der Waals surface area contributed by atoms with Crippen LogP contribution in [0.3, 0.4) is 0 Å². The van der Waals surface area contributed by atoms with Gasteiger partial charge in [0.05, 0.1) is 0 Å². The van der Waals surface area contributed by atoms with Crippen molar-refractivity contribution in [2.45, 2.75) is 26.2 Å². The molecule has 0 aromatic heterocycles. The van der Waals surface area contributed by atoms with Crippen molar-refractivity contribution in [1.29, 1.82) is 0 Å². The van der Waals surface area contributed by atoms with E-state index in [0.717, 1.165) is 13.1 Å². The molecule has 3 heteroatoms. The number of piperidine rings is 1. The molecule has 57 valence electrons. The van der Waals surface area contributed by atoms with Gasteiger partial charge in [0.25, 0.3) is 0 Å². The fraction of sp³-hybridized carbons (Fsp3) is 0.857. The van der Waals surface area contributed by atoms with E-state index in [0.29, 0.717) is 0 Å². The highest BCUT2D eigenvalue weighted by molar-refractivity contribution is 5.52. The molecule has 1 aliphatic rings. The van der Waals surface area contributed by atoms with Crippen molar-refractivity contribution in [3.8, 4) is 0 Å². The second-order valence-electron chi connectivity index (χ2n) is 2.39. The van der Waals surface area contributed by atoms with Gasteiger partial charge in [0.2, 0.25) is 0 Å². The van der Waals surface area contributed by atoms with Crippen LogP contribution in [0.25, 0.3) is 0 Å². The Morgan fingerprint density at radius 3 is 2.60 bits per heavy atom. The molecule has 0 unspecified atom stereocenters. The normalized spacial score (nSPS) is 21.7. The molecular formula is C7H13N2O. The van der Waals surface area contributed by atoms with Crippen LogP contribution in [-0.4, -0.2) is 24.4 Å². The van der Waals surface area contributed by atoms with E-state index in [9.17, 15) is 0 Å². The zero-order valence-electron chi connectivity index (χ0n) is 6.34. The van der Waals surface area contributed by atoms with Crippen molar-refractivity contribution < 1.29 is 4.94 Å². The number of hydrogen-bond donors (Lipinski definition) is 0. The zero-order valence-corrected chi connectivity index (χ0v) is 6.34. The Morgan fingerprint density at radius 1 is 1.30 bits per heavy atom. The van der Waals surface area contributed by atoms with Gasteiger partial charge in [0, 0.05) is 13.1 Å². The Labute approximate surface area is 61.6 Å². The molecule has 3 nitrogen and oxygen atoms in total. The highest BCUT2D eigenvalue weighted by Gasteiger charge is 2.09. The number of hydroxylamine groups is 2. The summed E-state index contributed by atoms with van der Waals surface area (Å²) < 4.78 is 0. The molecule has 0 N–H and O–H groups in total. The SMILES string of the molecule is C[C]=NON1CCCCC1. The van der Waals surface area contributed by atoms with E-state index < -0.39 is 0 Å². The minimum absolute atomic E-state index is 1.01. The van der Waals surface area contributed by atoms with Crippen LogP contribution < -0.4 is 0 Å². The Kier molecular flexibility index (Phi) is 3.22. The molecule has 0 bridgehead atoms. The minimum Gasteiger partial charge on any atom is -0.297 e. The lowest BCUT2D eigenvalue weighted by Crippen LogP contribution is -2.28. The van der Waals surface area contributed by atoms with Gasteiger partial charge >= 0.3 is 0 Å². The molecule has 1 rings (SSSR count). The average molecular weight is 141 g/mol. The van der Waals surface area contributed by atoms with Gasteiger partial charge in [-0.2, -0.15) is 0 Å². The van der Waals surface area contributed by atoms with Crippen molar-refractivity contribution in [2.24, 2.45) is 5.16 Å². The number of nitrogens with zero attached hydrogens (tertiary/aromatic N) is 2. The lowest BCUT2D eigenvalue weighted by Gasteiger charge is -2.21. The van der Waals surface area contributed by atoms with E-state index in [1.807, 2.05) is 5.06 Å². The molecule has 0 atom stereocenters. The summed E-state index contributed by atoms with van der Waals surface area (Å²) in [5.74, 6) is 0. The Balaban J connectivity index is 2.13. The monoisotopic (exact) mass is 141 g/mol. The second kappa shape index (κ2) is 4.28. The molecule has 1 radical (unpaired) electrons. The van der Waals surface area contributed by atoms with E-state index in [1.165, 1.54) is 19.3 Å². The molecule has 0 spiro atoms. The Bertz CT molecular complexity index is 108. The van der Waals surface area contributed by atoms with Crippen LogP contribution in [0.5, 0.6) is 0 Å². The van der Waals surface area contributed by atoms with E-state index in [-0.39, 0.29) is 0 Å². The summed E-state index contributed by atoms with van der Waals surface area (Å²) in [6.07, 6.45) is 6.34. The largest absolute Gasteiger partial charge is 0.297 e. The summed E-state index contributed by atoms with van der Waals surface area (Å²) in [4.78, 5) is 4.98. The number of hydrogen-bond acceptors (Lipinski definition) is 3. The fourth-order valence-corrected chi connectivity index (χ4v) is 1.05. The topological polar surface area (TPSA) is 24.8 Å². The van der Waals surface area contributed by atoms with Gasteiger partial charge in [0.1, 0.15) is 6.21 Å². The summed E-state index contributed by atoms with van der Waals surface area (Å²) in [6.45, 7) is 3.74. The van der Waals surface area contributed by atoms with Crippen LogP contribution >= 0.6 is 0 Å². The van der Waals surface area contributed by atoms with Crippen molar-refractivity contribution in [3.05, 3.63) is 0 Å². The first-order chi connectivity index (χ1) is 4.93. The molecule has 0 aliphatic carbocycles. The van der Waals surface area contributed by atoms with E-state index in [2.05, 4.69) is 11.4 Å². The molecule has 0 aromatic carbocycles. The van der Waals surface area contributed by atoms with Crippen LogP contribution in [0.15, 0.2) is 5.16 Å². The lowest BCUT2D eigenvalue weighted by molar-refractivity contribution is -0.167. The summed E-state index contributed by atoms with van der Waals surface area (Å²) in [5, 5.41) is 5.45. The van der Waals surface area contributed by atoms with E-state index >= 15 is 0 Å². The van der Waals surface area contributed by atoms with Gasteiger partial charge in [-0.25, -0.2) is 0 Å². The third-order valence-corrected chi connectivity index (χ3v) is 1.56. The molecule has 0 saturated carbocycles. The first kappa shape index (κ1) is 7.54. The standard InChI is InChI=1S/C7H13N2O/c1-2-8-10-9-6-4-3-5-7-9/h3-7H2,1H3. The van der Waals surface area contributed by atoms with Crippen LogP contribution in [0.4, 0.5) is 0 Å². The molecule has 1 saturated heterocycles. The van der Waals surface area contributed by atoms with Crippen molar-refractivity contribution >= 4 is 6.21 Å². The Hall–Kier alpha value is -0.570. The zero-order chi connectivity index (χ0) is 7.23. The van der Waals surface area contributed by atoms with Crippen molar-refractivity contribution in [2.75, 3.05) is 13.1 Å². The quantitative estimate of drug-likeness (QED) is 0.427.